The Bertz CT molecular complexity index is 790. The Hall–Kier alpha value is -3.14. The minimum absolute atomic E-state index is 0.128. The van der Waals surface area contributed by atoms with Crippen molar-refractivity contribution >= 4 is 29.5 Å². The molecule has 1 aliphatic carbocycles. The number of hydrogen-bond acceptors (Lipinski definition) is 5. The molecular weight excluding hydrogens is 404 g/mol. The molecule has 1 atom stereocenters. The molecule has 0 aromatic heterocycles. The predicted molar refractivity (Wildman–Crippen MR) is 113 cm³/mol. The molecule has 0 radical (unpaired) electrons. The zero-order chi connectivity index (χ0) is 22.9. The van der Waals surface area contributed by atoms with Gasteiger partial charge in [0.05, 0.1) is 6.61 Å². The van der Waals surface area contributed by atoms with Crippen LogP contribution in [0.3, 0.4) is 0 Å². The second-order valence-electron chi connectivity index (χ2n) is 7.75. The zero-order valence-corrected chi connectivity index (χ0v) is 17.4. The van der Waals surface area contributed by atoms with Gasteiger partial charge in [0.2, 0.25) is 11.8 Å². The lowest BCUT2D eigenvalue weighted by atomic mass is 9.73. The fourth-order valence-corrected chi connectivity index (χ4v) is 3.70. The fourth-order valence-electron chi connectivity index (χ4n) is 3.70. The van der Waals surface area contributed by atoms with Crippen LogP contribution in [0.1, 0.15) is 50.5 Å². The van der Waals surface area contributed by atoms with Crippen molar-refractivity contribution in [1.82, 2.24) is 10.6 Å². The molecule has 2 rings (SSSR count). The topological polar surface area (TPSA) is 171 Å². The Morgan fingerprint density at radius 2 is 1.71 bits per heavy atom. The number of carboxylic acid groups (broad SMARTS) is 1. The lowest BCUT2D eigenvalue weighted by molar-refractivity contribution is -0.159. The summed E-state index contributed by atoms with van der Waals surface area (Å²) in [4.78, 5) is 48.6. The Morgan fingerprint density at radius 1 is 1.06 bits per heavy atom. The number of aliphatic hydroxyl groups excluding tert-OH is 1. The number of rotatable bonds is 10. The second-order valence-corrected chi connectivity index (χ2v) is 7.75. The molecule has 31 heavy (non-hydrogen) atoms. The SMILES string of the molecule is NC(=O)NCCC[C@H](NC(=O)C1(C(=O)O)CCCCC1)C(=O)Nc1ccc(CO)cc1. The summed E-state index contributed by atoms with van der Waals surface area (Å²) in [5.41, 5.74) is 4.66. The van der Waals surface area contributed by atoms with Gasteiger partial charge in [-0.25, -0.2) is 4.79 Å². The highest BCUT2D eigenvalue weighted by Gasteiger charge is 2.47. The van der Waals surface area contributed by atoms with Crippen LogP contribution in [0.25, 0.3) is 0 Å². The first kappa shape index (κ1) is 24.1. The molecule has 0 heterocycles. The Kier molecular flexibility index (Phi) is 8.80. The second kappa shape index (κ2) is 11.3. The van der Waals surface area contributed by atoms with E-state index in [4.69, 9.17) is 10.8 Å². The lowest BCUT2D eigenvalue weighted by Crippen LogP contribution is -2.53. The van der Waals surface area contributed by atoms with Gasteiger partial charge in [0.15, 0.2) is 0 Å². The van der Waals surface area contributed by atoms with Gasteiger partial charge in [-0.15, -0.1) is 0 Å². The van der Waals surface area contributed by atoms with E-state index in [1.165, 1.54) is 0 Å². The van der Waals surface area contributed by atoms with Crippen LogP contribution in [-0.2, 0) is 21.0 Å². The van der Waals surface area contributed by atoms with Gasteiger partial charge in [-0.05, 0) is 43.4 Å². The summed E-state index contributed by atoms with van der Waals surface area (Å²) in [6, 6.07) is 4.87. The number of carboxylic acids is 1. The molecule has 1 fully saturated rings. The minimum atomic E-state index is -1.54. The van der Waals surface area contributed by atoms with Crippen LogP contribution in [0.2, 0.25) is 0 Å². The number of nitrogens with two attached hydrogens (primary N) is 1. The van der Waals surface area contributed by atoms with Gasteiger partial charge < -0.3 is 31.9 Å². The molecule has 1 aromatic rings. The third-order valence-corrected chi connectivity index (χ3v) is 5.55. The number of aliphatic hydroxyl groups is 1. The van der Waals surface area contributed by atoms with Crippen molar-refractivity contribution in [3.8, 4) is 0 Å². The molecule has 0 saturated heterocycles. The average Bonchev–Trinajstić information content (AvgIpc) is 2.76. The number of amides is 4. The number of carbonyl (C=O) groups is 4. The highest BCUT2D eigenvalue weighted by molar-refractivity contribution is 6.04. The summed E-state index contributed by atoms with van der Waals surface area (Å²) in [6.07, 6.45) is 3.14. The summed E-state index contributed by atoms with van der Waals surface area (Å²) in [5.74, 6) is -2.35. The number of benzene rings is 1. The van der Waals surface area contributed by atoms with E-state index in [-0.39, 0.29) is 32.4 Å². The van der Waals surface area contributed by atoms with Gasteiger partial charge >= 0.3 is 12.0 Å². The molecule has 10 nitrogen and oxygen atoms in total. The molecule has 7 N–H and O–H groups in total. The van der Waals surface area contributed by atoms with E-state index in [0.29, 0.717) is 30.5 Å². The van der Waals surface area contributed by atoms with Gasteiger partial charge in [0.1, 0.15) is 11.5 Å². The van der Waals surface area contributed by atoms with Gasteiger partial charge in [0.25, 0.3) is 0 Å². The molecule has 0 spiro atoms. The first-order valence-corrected chi connectivity index (χ1v) is 10.4. The lowest BCUT2D eigenvalue weighted by Gasteiger charge is -2.33. The molecular formula is C21H30N4O6. The molecule has 10 heteroatoms. The Balaban J connectivity index is 2.11. The molecule has 1 saturated carbocycles. The van der Waals surface area contributed by atoms with Crippen LogP contribution < -0.4 is 21.7 Å². The van der Waals surface area contributed by atoms with E-state index >= 15 is 0 Å². The predicted octanol–water partition coefficient (Wildman–Crippen LogP) is 1.09. The van der Waals surface area contributed by atoms with E-state index in [2.05, 4.69) is 16.0 Å². The maximum atomic E-state index is 13.0. The number of nitrogens with one attached hydrogen (secondary N) is 3. The van der Waals surface area contributed by atoms with Gasteiger partial charge in [0, 0.05) is 12.2 Å². The fraction of sp³-hybridized carbons (Fsp3) is 0.524. The summed E-state index contributed by atoms with van der Waals surface area (Å²) < 4.78 is 0. The van der Waals surface area contributed by atoms with Crippen molar-refractivity contribution in [2.24, 2.45) is 11.1 Å². The zero-order valence-electron chi connectivity index (χ0n) is 17.4. The minimum Gasteiger partial charge on any atom is -0.480 e. The van der Waals surface area contributed by atoms with Crippen molar-refractivity contribution in [3.63, 3.8) is 0 Å². The number of urea groups is 1. The van der Waals surface area contributed by atoms with Crippen LogP contribution in [0.15, 0.2) is 24.3 Å². The maximum Gasteiger partial charge on any atom is 0.319 e. The standard InChI is InChI=1S/C21H30N4O6/c22-20(31)23-12-4-5-16(17(27)24-15-8-6-14(13-26)7-9-15)25-18(28)21(19(29)30)10-2-1-3-11-21/h6-9,16,26H,1-5,10-13H2,(H,24,27)(H,25,28)(H,29,30)(H3,22,23,31)/t16-/m0/s1. The summed E-state index contributed by atoms with van der Waals surface area (Å²) in [5, 5.41) is 26.6. The molecule has 0 unspecified atom stereocenters. The monoisotopic (exact) mass is 434 g/mol. The van der Waals surface area contributed by atoms with E-state index < -0.39 is 35.3 Å². The summed E-state index contributed by atoms with van der Waals surface area (Å²) in [6.45, 7) is 0.0846. The summed E-state index contributed by atoms with van der Waals surface area (Å²) >= 11 is 0. The van der Waals surface area contributed by atoms with E-state index in [1.807, 2.05) is 0 Å². The Labute approximate surface area is 180 Å². The maximum absolute atomic E-state index is 13.0. The highest BCUT2D eigenvalue weighted by atomic mass is 16.4. The van der Waals surface area contributed by atoms with Gasteiger partial charge in [-0.1, -0.05) is 31.4 Å². The van der Waals surface area contributed by atoms with Crippen molar-refractivity contribution in [1.29, 1.82) is 0 Å². The quantitative estimate of drug-likeness (QED) is 0.238. The number of hydrogen-bond donors (Lipinski definition) is 6. The number of aliphatic carboxylic acids is 1. The molecule has 170 valence electrons. The van der Waals surface area contributed by atoms with Crippen molar-refractivity contribution in [2.75, 3.05) is 11.9 Å². The molecule has 1 aromatic carbocycles. The number of carbonyl (C=O) groups excluding carboxylic acids is 3. The smallest absolute Gasteiger partial charge is 0.319 e. The number of anilines is 1. The third-order valence-electron chi connectivity index (χ3n) is 5.55. The highest BCUT2D eigenvalue weighted by Crippen LogP contribution is 2.37. The average molecular weight is 434 g/mol. The van der Waals surface area contributed by atoms with Gasteiger partial charge in [-0.2, -0.15) is 0 Å². The van der Waals surface area contributed by atoms with Crippen LogP contribution in [0.4, 0.5) is 10.5 Å². The molecule has 1 aliphatic rings. The van der Waals surface area contributed by atoms with Crippen molar-refractivity contribution < 1.29 is 29.4 Å². The van der Waals surface area contributed by atoms with Crippen molar-refractivity contribution in [3.05, 3.63) is 29.8 Å². The molecule has 4 amide bonds. The van der Waals surface area contributed by atoms with Crippen molar-refractivity contribution in [2.45, 2.75) is 57.6 Å². The van der Waals surface area contributed by atoms with Crippen LogP contribution >= 0.6 is 0 Å². The summed E-state index contributed by atoms with van der Waals surface area (Å²) in [7, 11) is 0. The normalized spacial score (nSPS) is 16.0. The number of primary amides is 1. The van der Waals surface area contributed by atoms with E-state index in [9.17, 15) is 24.3 Å². The molecule has 0 aliphatic heterocycles. The van der Waals surface area contributed by atoms with Gasteiger partial charge in [-0.3, -0.25) is 14.4 Å². The third kappa shape index (κ3) is 6.68. The van der Waals surface area contributed by atoms with Crippen LogP contribution in [-0.4, -0.2) is 46.6 Å². The molecule has 0 bridgehead atoms. The van der Waals surface area contributed by atoms with Crippen LogP contribution in [0.5, 0.6) is 0 Å². The van der Waals surface area contributed by atoms with E-state index in [1.54, 1.807) is 24.3 Å². The van der Waals surface area contributed by atoms with E-state index in [0.717, 1.165) is 6.42 Å². The Morgan fingerprint density at radius 3 is 2.26 bits per heavy atom. The first-order chi connectivity index (χ1) is 14.8. The van der Waals surface area contributed by atoms with Crippen LogP contribution in [0, 0.1) is 5.41 Å². The largest absolute Gasteiger partial charge is 0.480 e. The first-order valence-electron chi connectivity index (χ1n) is 10.4.